The Bertz CT molecular complexity index is 584. The summed E-state index contributed by atoms with van der Waals surface area (Å²) in [4.78, 5) is 0.290. The van der Waals surface area contributed by atoms with E-state index in [0.717, 1.165) is 25.7 Å². The third kappa shape index (κ3) is 3.88. The molecule has 0 saturated heterocycles. The molecule has 1 fully saturated rings. The normalized spacial score (nSPS) is 17.3. The smallest absolute Gasteiger partial charge is 0.241 e. The van der Waals surface area contributed by atoms with E-state index in [1.54, 1.807) is 32.2 Å². The number of ether oxygens (including phenoxy) is 1. The van der Waals surface area contributed by atoms with Gasteiger partial charge < -0.3 is 10.5 Å². The molecule has 1 aromatic rings. The highest BCUT2D eigenvalue weighted by molar-refractivity contribution is 7.89. The Balaban J connectivity index is 0.00000220. The van der Waals surface area contributed by atoms with Crippen LogP contribution in [0, 0.1) is 6.92 Å². The van der Waals surface area contributed by atoms with Gasteiger partial charge in [-0.3, -0.25) is 0 Å². The lowest BCUT2D eigenvalue weighted by Gasteiger charge is -2.28. The van der Waals surface area contributed by atoms with Gasteiger partial charge in [0.2, 0.25) is 10.0 Å². The molecule has 0 radical (unpaired) electrons. The quantitative estimate of drug-likeness (QED) is 0.862. The number of rotatable bonds is 5. The van der Waals surface area contributed by atoms with Gasteiger partial charge in [0.05, 0.1) is 12.0 Å². The van der Waals surface area contributed by atoms with Crippen molar-refractivity contribution in [1.29, 1.82) is 0 Å². The van der Waals surface area contributed by atoms with E-state index in [4.69, 9.17) is 10.5 Å². The van der Waals surface area contributed by atoms with Crippen molar-refractivity contribution in [2.45, 2.75) is 43.0 Å². The molecule has 0 aromatic heterocycles. The summed E-state index contributed by atoms with van der Waals surface area (Å²) in [5, 5.41) is 0. The third-order valence-electron chi connectivity index (χ3n) is 3.97. The van der Waals surface area contributed by atoms with Gasteiger partial charge in [0.1, 0.15) is 5.75 Å². The minimum Gasteiger partial charge on any atom is -0.497 e. The van der Waals surface area contributed by atoms with Crippen LogP contribution in [0.3, 0.4) is 0 Å². The molecule has 0 atom stereocenters. The monoisotopic (exact) mass is 334 g/mol. The number of aryl methyl sites for hydroxylation is 1. The lowest BCUT2D eigenvalue weighted by molar-refractivity contribution is 0.399. The second-order valence-electron chi connectivity index (χ2n) is 5.43. The fourth-order valence-electron chi connectivity index (χ4n) is 2.79. The van der Waals surface area contributed by atoms with Gasteiger partial charge in [-0.1, -0.05) is 12.8 Å². The van der Waals surface area contributed by atoms with Gasteiger partial charge in [-0.05, 0) is 43.5 Å². The van der Waals surface area contributed by atoms with Gasteiger partial charge in [0.15, 0.2) is 0 Å². The standard InChI is InChI=1S/C14H22N2O3S.ClH/c1-11-9-12(19-2)5-6-13(11)20(17,18)16-14(10-15)7-3-4-8-14;/h5-6,9,16H,3-4,7-8,10,15H2,1-2H3;1H. The molecule has 3 N–H and O–H groups in total. The first-order chi connectivity index (χ1) is 9.42. The molecule has 7 heteroatoms. The Morgan fingerprint density at radius 2 is 1.95 bits per heavy atom. The second-order valence-corrected chi connectivity index (χ2v) is 7.08. The van der Waals surface area contributed by atoms with E-state index in [9.17, 15) is 8.42 Å². The minimum atomic E-state index is -3.56. The topological polar surface area (TPSA) is 81.4 Å². The zero-order valence-electron chi connectivity index (χ0n) is 12.4. The van der Waals surface area contributed by atoms with Crippen molar-refractivity contribution in [3.63, 3.8) is 0 Å². The molecule has 1 aliphatic carbocycles. The van der Waals surface area contributed by atoms with Crippen molar-refractivity contribution in [2.24, 2.45) is 5.73 Å². The largest absolute Gasteiger partial charge is 0.497 e. The summed E-state index contributed by atoms with van der Waals surface area (Å²) >= 11 is 0. The number of hydrogen-bond donors (Lipinski definition) is 2. The first-order valence-electron chi connectivity index (χ1n) is 6.81. The molecular formula is C14H23ClN2O3S. The SMILES string of the molecule is COc1ccc(S(=O)(=O)NC2(CN)CCCC2)c(C)c1.Cl. The molecule has 120 valence electrons. The Kier molecular flexibility index (Phi) is 6.04. The summed E-state index contributed by atoms with van der Waals surface area (Å²) in [6.45, 7) is 2.10. The zero-order valence-corrected chi connectivity index (χ0v) is 14.0. The maximum atomic E-state index is 12.6. The summed E-state index contributed by atoms with van der Waals surface area (Å²) in [5.41, 5.74) is 5.98. The molecule has 0 bridgehead atoms. The first kappa shape index (κ1) is 18.2. The van der Waals surface area contributed by atoms with Gasteiger partial charge in [0, 0.05) is 12.1 Å². The molecule has 21 heavy (non-hydrogen) atoms. The summed E-state index contributed by atoms with van der Waals surface area (Å²) in [6, 6.07) is 4.96. The second kappa shape index (κ2) is 6.96. The molecule has 1 saturated carbocycles. The lowest BCUT2D eigenvalue weighted by Crippen LogP contribution is -2.51. The molecular weight excluding hydrogens is 312 g/mol. The average Bonchev–Trinajstić information content (AvgIpc) is 2.86. The van der Waals surface area contributed by atoms with Gasteiger partial charge in [0.25, 0.3) is 0 Å². The van der Waals surface area contributed by atoms with Gasteiger partial charge in [-0.15, -0.1) is 12.4 Å². The molecule has 5 nitrogen and oxygen atoms in total. The number of halogens is 1. The van der Waals surface area contributed by atoms with Crippen LogP contribution in [0.25, 0.3) is 0 Å². The van der Waals surface area contributed by atoms with E-state index in [2.05, 4.69) is 4.72 Å². The van der Waals surface area contributed by atoms with Crippen molar-refractivity contribution in [1.82, 2.24) is 4.72 Å². The summed E-state index contributed by atoms with van der Waals surface area (Å²) in [5.74, 6) is 0.649. The van der Waals surface area contributed by atoms with Crippen molar-refractivity contribution in [3.05, 3.63) is 23.8 Å². The fourth-order valence-corrected chi connectivity index (χ4v) is 4.49. The number of nitrogens with one attached hydrogen (secondary N) is 1. The van der Waals surface area contributed by atoms with Crippen LogP contribution in [0.1, 0.15) is 31.2 Å². The molecule has 1 aliphatic rings. The van der Waals surface area contributed by atoms with Crippen molar-refractivity contribution in [2.75, 3.05) is 13.7 Å². The van der Waals surface area contributed by atoms with Crippen LogP contribution in [0.4, 0.5) is 0 Å². The number of nitrogens with two attached hydrogens (primary N) is 1. The average molecular weight is 335 g/mol. The van der Waals surface area contributed by atoms with Crippen LogP contribution in [-0.2, 0) is 10.0 Å². The minimum absolute atomic E-state index is 0. The van der Waals surface area contributed by atoms with Crippen LogP contribution >= 0.6 is 12.4 Å². The van der Waals surface area contributed by atoms with Gasteiger partial charge >= 0.3 is 0 Å². The molecule has 2 rings (SSSR count). The van der Waals surface area contributed by atoms with Crippen molar-refractivity contribution in [3.8, 4) is 5.75 Å². The highest BCUT2D eigenvalue weighted by Gasteiger charge is 2.37. The Morgan fingerprint density at radius 3 is 2.43 bits per heavy atom. The van der Waals surface area contributed by atoms with E-state index in [1.807, 2.05) is 0 Å². The molecule has 0 aliphatic heterocycles. The van der Waals surface area contributed by atoms with E-state index in [1.165, 1.54) is 0 Å². The van der Waals surface area contributed by atoms with Crippen molar-refractivity contribution < 1.29 is 13.2 Å². The lowest BCUT2D eigenvalue weighted by atomic mass is 10.0. The summed E-state index contributed by atoms with van der Waals surface area (Å²) in [6.07, 6.45) is 3.64. The van der Waals surface area contributed by atoms with E-state index in [-0.39, 0.29) is 17.3 Å². The predicted molar refractivity (Wildman–Crippen MR) is 85.6 cm³/mol. The van der Waals surface area contributed by atoms with Crippen molar-refractivity contribution >= 4 is 22.4 Å². The first-order valence-corrected chi connectivity index (χ1v) is 8.29. The number of benzene rings is 1. The Labute approximate surface area is 132 Å². The fraction of sp³-hybridized carbons (Fsp3) is 0.571. The van der Waals surface area contributed by atoms with E-state index in [0.29, 0.717) is 17.9 Å². The molecule has 0 heterocycles. The summed E-state index contributed by atoms with van der Waals surface area (Å²) < 4.78 is 33.1. The van der Waals surface area contributed by atoms with Crippen LogP contribution < -0.4 is 15.2 Å². The van der Waals surface area contributed by atoms with Crippen LogP contribution in [-0.4, -0.2) is 27.6 Å². The zero-order chi connectivity index (χ0) is 14.8. The van der Waals surface area contributed by atoms with Gasteiger partial charge in [-0.25, -0.2) is 13.1 Å². The number of methoxy groups -OCH3 is 1. The van der Waals surface area contributed by atoms with E-state index < -0.39 is 15.6 Å². The van der Waals surface area contributed by atoms with Crippen LogP contribution in [0.2, 0.25) is 0 Å². The van der Waals surface area contributed by atoms with Gasteiger partial charge in [-0.2, -0.15) is 0 Å². The Hall–Kier alpha value is -0.820. The molecule has 1 aromatic carbocycles. The van der Waals surface area contributed by atoms with Crippen LogP contribution in [0.15, 0.2) is 23.1 Å². The molecule has 0 unspecified atom stereocenters. The van der Waals surface area contributed by atoms with Crippen LogP contribution in [0.5, 0.6) is 5.75 Å². The number of sulfonamides is 1. The van der Waals surface area contributed by atoms with E-state index >= 15 is 0 Å². The highest BCUT2D eigenvalue weighted by Crippen LogP contribution is 2.31. The maximum Gasteiger partial charge on any atom is 0.241 e. The Morgan fingerprint density at radius 1 is 1.33 bits per heavy atom. The third-order valence-corrected chi connectivity index (χ3v) is 5.71. The molecule has 0 spiro atoms. The molecule has 0 amide bonds. The number of hydrogen-bond acceptors (Lipinski definition) is 4. The summed E-state index contributed by atoms with van der Waals surface area (Å²) in [7, 11) is -2.00. The maximum absolute atomic E-state index is 12.6. The predicted octanol–water partition coefficient (Wildman–Crippen LogP) is 1.98. The highest BCUT2D eigenvalue weighted by atomic mass is 35.5.